The maximum atomic E-state index is 11.6. The summed E-state index contributed by atoms with van der Waals surface area (Å²) in [6, 6.07) is 2.56. The number of benzene rings is 1. The maximum Gasteiger partial charge on any atom is 0.328 e. The first-order valence-corrected chi connectivity index (χ1v) is 5.91. The van der Waals surface area contributed by atoms with Crippen molar-refractivity contribution in [2.75, 3.05) is 11.9 Å². The van der Waals surface area contributed by atoms with Crippen molar-refractivity contribution in [1.29, 1.82) is 5.41 Å². The van der Waals surface area contributed by atoms with Gasteiger partial charge in [0.1, 0.15) is 0 Å². The van der Waals surface area contributed by atoms with Crippen molar-refractivity contribution in [1.82, 2.24) is 5.32 Å². The lowest BCUT2D eigenvalue weighted by Crippen LogP contribution is -2.44. The molecule has 0 fully saturated rings. The topological polar surface area (TPSA) is 82.2 Å². The van der Waals surface area contributed by atoms with Crippen molar-refractivity contribution >= 4 is 56.8 Å². The summed E-state index contributed by atoms with van der Waals surface area (Å²) in [4.78, 5) is 12.9. The van der Waals surface area contributed by atoms with Crippen LogP contribution in [0, 0.1) is 5.41 Å². The monoisotopic (exact) mass is 338 g/mol. The van der Waals surface area contributed by atoms with Gasteiger partial charge < -0.3 is 5.73 Å². The van der Waals surface area contributed by atoms with Crippen LogP contribution < -0.4 is 16.0 Å². The fourth-order valence-electron chi connectivity index (χ4n) is 1.16. The van der Waals surface area contributed by atoms with Gasteiger partial charge in [-0.1, -0.05) is 23.2 Å². The van der Waals surface area contributed by atoms with Gasteiger partial charge in [0.05, 0.1) is 10.7 Å². The number of amides is 2. The molecule has 0 saturated carbocycles. The van der Waals surface area contributed by atoms with Crippen molar-refractivity contribution in [2.45, 2.75) is 0 Å². The molecule has 0 unspecified atom stereocenters. The SMILES string of the molecule is CN(C(=O)NC(=N)N)c1c(Cl)cc(Cl)cc1Br. The molecule has 0 aliphatic rings. The highest BCUT2D eigenvalue weighted by Crippen LogP contribution is 2.36. The van der Waals surface area contributed by atoms with Crippen LogP contribution in [-0.4, -0.2) is 19.0 Å². The lowest BCUT2D eigenvalue weighted by molar-refractivity contribution is 0.251. The average Bonchev–Trinajstić information content (AvgIpc) is 2.14. The van der Waals surface area contributed by atoms with Crippen LogP contribution in [0.2, 0.25) is 10.0 Å². The Morgan fingerprint density at radius 2 is 2.12 bits per heavy atom. The van der Waals surface area contributed by atoms with E-state index < -0.39 is 12.0 Å². The molecule has 0 radical (unpaired) electrons. The number of rotatable bonds is 1. The van der Waals surface area contributed by atoms with Gasteiger partial charge in [0.2, 0.25) is 0 Å². The van der Waals surface area contributed by atoms with Gasteiger partial charge in [0, 0.05) is 16.5 Å². The number of hydrogen-bond acceptors (Lipinski definition) is 2. The summed E-state index contributed by atoms with van der Waals surface area (Å²) in [6.07, 6.45) is 0. The third kappa shape index (κ3) is 3.49. The number of nitrogens with two attached hydrogens (primary N) is 1. The molecule has 0 aliphatic carbocycles. The second kappa shape index (κ2) is 5.57. The Kier molecular flexibility index (Phi) is 4.62. The van der Waals surface area contributed by atoms with Gasteiger partial charge in [-0.15, -0.1) is 0 Å². The average molecular weight is 340 g/mol. The lowest BCUT2D eigenvalue weighted by Gasteiger charge is -2.20. The lowest BCUT2D eigenvalue weighted by atomic mass is 10.3. The molecule has 0 atom stereocenters. The third-order valence-corrected chi connectivity index (χ3v) is 2.97. The Hall–Kier alpha value is -0.980. The predicted octanol–water partition coefficient (Wildman–Crippen LogP) is 2.80. The normalized spacial score (nSPS) is 9.88. The molecule has 4 N–H and O–H groups in total. The van der Waals surface area contributed by atoms with E-state index in [9.17, 15) is 4.79 Å². The van der Waals surface area contributed by atoms with E-state index in [0.29, 0.717) is 20.2 Å². The van der Waals surface area contributed by atoms with Crippen molar-refractivity contribution in [3.8, 4) is 0 Å². The molecule has 1 rings (SSSR count). The van der Waals surface area contributed by atoms with Crippen LogP contribution in [0.3, 0.4) is 0 Å². The van der Waals surface area contributed by atoms with E-state index >= 15 is 0 Å². The fourth-order valence-corrected chi connectivity index (χ4v) is 2.75. The number of nitrogens with one attached hydrogen (secondary N) is 2. The Bertz CT molecular complexity index is 457. The molecule has 0 spiro atoms. The third-order valence-electron chi connectivity index (χ3n) is 1.86. The van der Waals surface area contributed by atoms with Crippen molar-refractivity contribution in [3.05, 3.63) is 26.7 Å². The summed E-state index contributed by atoms with van der Waals surface area (Å²) in [5.41, 5.74) is 5.51. The Labute approximate surface area is 116 Å². The molecule has 1 aromatic carbocycles. The number of anilines is 1. The van der Waals surface area contributed by atoms with Gasteiger partial charge in [-0.05, 0) is 28.1 Å². The molecule has 0 aliphatic heterocycles. The molecular weight excluding hydrogens is 331 g/mol. The number of hydrogen-bond donors (Lipinski definition) is 3. The first-order chi connectivity index (χ1) is 7.82. The number of carbonyl (C=O) groups excluding carboxylic acids is 1. The highest BCUT2D eigenvalue weighted by molar-refractivity contribution is 9.10. The molecular formula is C9H9BrCl2N4O. The van der Waals surface area contributed by atoms with Gasteiger partial charge in [0.15, 0.2) is 5.96 Å². The first kappa shape index (κ1) is 14.1. The van der Waals surface area contributed by atoms with Crippen LogP contribution in [0.15, 0.2) is 16.6 Å². The zero-order valence-corrected chi connectivity index (χ0v) is 11.8. The summed E-state index contributed by atoms with van der Waals surface area (Å²) < 4.78 is 0.566. The van der Waals surface area contributed by atoms with Crippen LogP contribution >= 0.6 is 39.1 Å². The van der Waals surface area contributed by atoms with E-state index in [-0.39, 0.29) is 0 Å². The maximum absolute atomic E-state index is 11.6. The molecule has 0 aromatic heterocycles. The van der Waals surface area contributed by atoms with Crippen molar-refractivity contribution in [2.24, 2.45) is 5.73 Å². The molecule has 92 valence electrons. The minimum atomic E-state index is -0.567. The Morgan fingerprint density at radius 3 is 2.59 bits per heavy atom. The first-order valence-electron chi connectivity index (χ1n) is 4.36. The number of halogens is 3. The fraction of sp³-hybridized carbons (Fsp3) is 0.111. The number of carbonyl (C=O) groups is 1. The van der Waals surface area contributed by atoms with E-state index in [1.807, 2.05) is 0 Å². The van der Waals surface area contributed by atoms with E-state index in [0.717, 1.165) is 0 Å². The van der Waals surface area contributed by atoms with Gasteiger partial charge >= 0.3 is 6.03 Å². The van der Waals surface area contributed by atoms with Crippen LogP contribution in [-0.2, 0) is 0 Å². The van der Waals surface area contributed by atoms with E-state index in [4.69, 9.17) is 34.3 Å². The molecule has 2 amide bonds. The smallest absolute Gasteiger partial charge is 0.328 e. The highest BCUT2D eigenvalue weighted by atomic mass is 79.9. The van der Waals surface area contributed by atoms with Gasteiger partial charge in [-0.3, -0.25) is 15.6 Å². The van der Waals surface area contributed by atoms with Crippen LogP contribution in [0.5, 0.6) is 0 Å². The van der Waals surface area contributed by atoms with Crippen molar-refractivity contribution < 1.29 is 4.79 Å². The van der Waals surface area contributed by atoms with Crippen LogP contribution in [0.1, 0.15) is 0 Å². The van der Waals surface area contributed by atoms with E-state index in [1.165, 1.54) is 18.0 Å². The van der Waals surface area contributed by atoms with Gasteiger partial charge in [-0.25, -0.2) is 4.79 Å². The minimum absolute atomic E-state index is 0.311. The zero-order valence-electron chi connectivity index (χ0n) is 8.72. The molecule has 0 bridgehead atoms. The van der Waals surface area contributed by atoms with Gasteiger partial charge in [-0.2, -0.15) is 0 Å². The highest BCUT2D eigenvalue weighted by Gasteiger charge is 2.18. The molecule has 5 nitrogen and oxygen atoms in total. The quantitative estimate of drug-likeness (QED) is 0.543. The van der Waals surface area contributed by atoms with Gasteiger partial charge in [0.25, 0.3) is 0 Å². The van der Waals surface area contributed by atoms with Crippen LogP contribution in [0.4, 0.5) is 10.5 Å². The standard InChI is InChI=1S/C9H9BrCl2N4O/c1-16(9(17)15-8(13)14)7-5(10)2-4(11)3-6(7)12/h2-3H,1H3,(H4,13,14,15,17). The second-order valence-corrected chi connectivity index (χ2v) is 4.82. The predicted molar refractivity (Wildman–Crippen MR) is 73.0 cm³/mol. The minimum Gasteiger partial charge on any atom is -0.370 e. The number of urea groups is 1. The van der Waals surface area contributed by atoms with Crippen molar-refractivity contribution in [3.63, 3.8) is 0 Å². The number of guanidine groups is 1. The summed E-state index contributed by atoms with van der Waals surface area (Å²) >= 11 is 15.1. The molecule has 8 heteroatoms. The molecule has 0 heterocycles. The Balaban J connectivity index is 3.08. The summed E-state index contributed by atoms with van der Waals surface area (Å²) in [5, 5.41) is 9.88. The van der Waals surface area contributed by atoms with E-state index in [1.54, 1.807) is 6.07 Å². The van der Waals surface area contributed by atoms with E-state index in [2.05, 4.69) is 21.2 Å². The molecule has 0 saturated heterocycles. The summed E-state index contributed by atoms with van der Waals surface area (Å²) in [5.74, 6) is -0.442. The van der Waals surface area contributed by atoms with Crippen LogP contribution in [0.25, 0.3) is 0 Å². The largest absolute Gasteiger partial charge is 0.370 e. The zero-order chi connectivity index (χ0) is 13.2. The number of nitrogens with zero attached hydrogens (tertiary/aromatic N) is 1. The Morgan fingerprint density at radius 1 is 1.53 bits per heavy atom. The second-order valence-electron chi connectivity index (χ2n) is 3.12. The molecule has 1 aromatic rings. The molecule has 17 heavy (non-hydrogen) atoms. The summed E-state index contributed by atoms with van der Waals surface area (Å²) in [6.45, 7) is 0. The summed E-state index contributed by atoms with van der Waals surface area (Å²) in [7, 11) is 1.50.